The lowest BCUT2D eigenvalue weighted by Gasteiger charge is -2.18. The van der Waals surface area contributed by atoms with Crippen LogP contribution in [0.3, 0.4) is 0 Å². The normalized spacial score (nSPS) is 22.2. The summed E-state index contributed by atoms with van der Waals surface area (Å²) in [7, 11) is 3.72. The Kier molecular flexibility index (Phi) is 6.02. The van der Waals surface area contributed by atoms with Crippen LogP contribution >= 0.6 is 0 Å². The molecule has 0 saturated carbocycles. The highest BCUT2D eigenvalue weighted by atomic mass is 16.5. The molecule has 1 aliphatic rings. The Morgan fingerprint density at radius 2 is 2.10 bits per heavy atom. The Hall–Kier alpha value is -1.59. The Morgan fingerprint density at radius 3 is 2.81 bits per heavy atom. The summed E-state index contributed by atoms with van der Waals surface area (Å²) < 4.78 is 11.0. The number of carbonyl (C=O) groups is 1. The van der Waals surface area contributed by atoms with Crippen molar-refractivity contribution in [3.8, 4) is 5.75 Å². The molecule has 0 aliphatic carbocycles. The number of amides is 1. The maximum atomic E-state index is 11.9. The lowest BCUT2D eigenvalue weighted by atomic mass is 10.2. The van der Waals surface area contributed by atoms with E-state index in [4.69, 9.17) is 9.47 Å². The largest absolute Gasteiger partial charge is 0.494 e. The van der Waals surface area contributed by atoms with Gasteiger partial charge in [0.1, 0.15) is 5.75 Å². The van der Waals surface area contributed by atoms with Crippen LogP contribution in [0.2, 0.25) is 0 Å². The third-order valence-electron chi connectivity index (χ3n) is 3.66. The van der Waals surface area contributed by atoms with Gasteiger partial charge in [0.15, 0.2) is 0 Å². The highest BCUT2D eigenvalue weighted by Crippen LogP contribution is 2.12. The number of hydrogen-bond donors (Lipinski definition) is 1. The molecule has 2 atom stereocenters. The molecule has 21 heavy (non-hydrogen) atoms. The Labute approximate surface area is 126 Å². The van der Waals surface area contributed by atoms with E-state index in [9.17, 15) is 4.79 Å². The van der Waals surface area contributed by atoms with Gasteiger partial charge in [0.25, 0.3) is 0 Å². The predicted octanol–water partition coefficient (Wildman–Crippen LogP) is 1.29. The van der Waals surface area contributed by atoms with E-state index in [2.05, 4.69) is 10.2 Å². The van der Waals surface area contributed by atoms with Gasteiger partial charge in [0.05, 0.1) is 18.8 Å². The molecule has 5 nitrogen and oxygen atoms in total. The lowest BCUT2D eigenvalue weighted by Crippen LogP contribution is -2.43. The maximum absolute atomic E-state index is 11.9. The third-order valence-corrected chi connectivity index (χ3v) is 3.66. The van der Waals surface area contributed by atoms with Crippen molar-refractivity contribution in [1.82, 2.24) is 10.2 Å². The summed E-state index contributed by atoms with van der Waals surface area (Å²) >= 11 is 0. The van der Waals surface area contributed by atoms with Crippen molar-refractivity contribution in [2.24, 2.45) is 0 Å². The molecule has 5 heteroatoms. The first kappa shape index (κ1) is 15.8. The smallest absolute Gasteiger partial charge is 0.220 e. The summed E-state index contributed by atoms with van der Waals surface area (Å²) in [6, 6.07) is 9.73. The second-order valence-electron chi connectivity index (χ2n) is 5.43. The fourth-order valence-corrected chi connectivity index (χ4v) is 2.56. The summed E-state index contributed by atoms with van der Waals surface area (Å²) in [6.45, 7) is 2.25. The summed E-state index contributed by atoms with van der Waals surface area (Å²) in [5.74, 6) is 0.906. The fraction of sp³-hybridized carbons (Fsp3) is 0.562. The van der Waals surface area contributed by atoms with Crippen molar-refractivity contribution >= 4 is 5.91 Å². The van der Waals surface area contributed by atoms with Crippen molar-refractivity contribution < 1.29 is 14.3 Å². The monoisotopic (exact) mass is 292 g/mol. The average Bonchev–Trinajstić information content (AvgIpc) is 2.84. The number of ether oxygens (including phenoxy) is 2. The molecule has 1 amide bonds. The number of nitrogens with zero attached hydrogens (tertiary/aromatic N) is 1. The topological polar surface area (TPSA) is 50.8 Å². The molecule has 0 spiro atoms. The quantitative estimate of drug-likeness (QED) is 0.770. The summed E-state index contributed by atoms with van der Waals surface area (Å²) in [6.07, 6.45) is 1.27. The number of hydrogen-bond acceptors (Lipinski definition) is 4. The molecule has 1 aromatic rings. The average molecular weight is 292 g/mol. The first-order valence-corrected chi connectivity index (χ1v) is 7.37. The third kappa shape index (κ3) is 5.02. The lowest BCUT2D eigenvalue weighted by molar-refractivity contribution is -0.122. The number of para-hydroxylation sites is 1. The fourth-order valence-electron chi connectivity index (χ4n) is 2.56. The number of benzene rings is 1. The summed E-state index contributed by atoms with van der Waals surface area (Å²) in [5.41, 5.74) is 0. The van der Waals surface area contributed by atoms with Gasteiger partial charge in [-0.1, -0.05) is 18.2 Å². The molecule has 0 aromatic heterocycles. The van der Waals surface area contributed by atoms with Crippen LogP contribution in [0.5, 0.6) is 5.75 Å². The van der Waals surface area contributed by atoms with Gasteiger partial charge in [-0.2, -0.15) is 0 Å². The minimum Gasteiger partial charge on any atom is -0.494 e. The van der Waals surface area contributed by atoms with Crippen LogP contribution in [-0.2, 0) is 9.53 Å². The molecule has 0 bridgehead atoms. The van der Waals surface area contributed by atoms with E-state index < -0.39 is 0 Å². The van der Waals surface area contributed by atoms with Crippen LogP contribution in [-0.4, -0.2) is 56.8 Å². The molecule has 116 valence electrons. The van der Waals surface area contributed by atoms with Crippen molar-refractivity contribution in [2.75, 3.05) is 33.9 Å². The number of likely N-dealkylation sites (tertiary alicyclic amines) is 1. The molecular formula is C16H24N2O3. The number of rotatable bonds is 7. The zero-order valence-corrected chi connectivity index (χ0v) is 12.7. The molecule has 1 fully saturated rings. The van der Waals surface area contributed by atoms with Crippen LogP contribution in [0.15, 0.2) is 30.3 Å². The van der Waals surface area contributed by atoms with Crippen LogP contribution in [0.1, 0.15) is 12.8 Å². The number of nitrogens with one attached hydrogen (secondary N) is 1. The number of likely N-dealkylation sites (N-methyl/N-ethyl adjacent to an activating group) is 1. The van der Waals surface area contributed by atoms with Gasteiger partial charge in [-0.3, -0.25) is 4.79 Å². The first-order chi connectivity index (χ1) is 10.2. The predicted molar refractivity (Wildman–Crippen MR) is 81.4 cm³/mol. The molecule has 1 aliphatic heterocycles. The molecular weight excluding hydrogens is 268 g/mol. The highest BCUT2D eigenvalue weighted by molar-refractivity contribution is 5.76. The van der Waals surface area contributed by atoms with E-state index in [1.165, 1.54) is 0 Å². The molecule has 0 radical (unpaired) electrons. The Balaban J connectivity index is 1.63. The molecule has 0 unspecified atom stereocenters. The van der Waals surface area contributed by atoms with Gasteiger partial charge in [0, 0.05) is 26.6 Å². The van der Waals surface area contributed by atoms with Crippen molar-refractivity contribution in [2.45, 2.75) is 25.0 Å². The van der Waals surface area contributed by atoms with Crippen molar-refractivity contribution in [3.63, 3.8) is 0 Å². The molecule has 1 heterocycles. The zero-order chi connectivity index (χ0) is 15.1. The van der Waals surface area contributed by atoms with E-state index in [-0.39, 0.29) is 18.1 Å². The molecule has 1 N–H and O–H groups in total. The maximum Gasteiger partial charge on any atom is 0.220 e. The first-order valence-electron chi connectivity index (χ1n) is 7.37. The molecule has 2 rings (SSSR count). The second-order valence-corrected chi connectivity index (χ2v) is 5.43. The molecule has 1 saturated heterocycles. The minimum atomic E-state index is 0.0639. The van der Waals surface area contributed by atoms with Gasteiger partial charge >= 0.3 is 0 Å². The Morgan fingerprint density at radius 1 is 1.33 bits per heavy atom. The van der Waals surface area contributed by atoms with E-state index in [0.717, 1.165) is 18.8 Å². The number of methoxy groups -OCH3 is 1. The van der Waals surface area contributed by atoms with Gasteiger partial charge < -0.3 is 19.7 Å². The Bertz CT molecular complexity index is 438. The zero-order valence-electron chi connectivity index (χ0n) is 12.7. The van der Waals surface area contributed by atoms with Crippen molar-refractivity contribution in [3.05, 3.63) is 30.3 Å². The molecule has 1 aromatic carbocycles. The van der Waals surface area contributed by atoms with E-state index in [1.54, 1.807) is 7.11 Å². The number of carbonyl (C=O) groups excluding carboxylic acids is 1. The summed E-state index contributed by atoms with van der Waals surface area (Å²) in [5, 5.41) is 3.05. The standard InChI is InChI=1S/C16H24N2O3/c1-18-11-14(15(12-18)20-2)17-16(19)9-6-10-21-13-7-4-3-5-8-13/h3-5,7-8,14-15H,6,9-12H2,1-2H3,(H,17,19)/t14-,15-/m0/s1. The summed E-state index contributed by atoms with van der Waals surface area (Å²) in [4.78, 5) is 14.1. The second kappa shape index (κ2) is 8.00. The van der Waals surface area contributed by atoms with Gasteiger partial charge in [0.2, 0.25) is 5.91 Å². The van der Waals surface area contributed by atoms with Gasteiger partial charge in [-0.05, 0) is 25.6 Å². The van der Waals surface area contributed by atoms with Crippen LogP contribution in [0, 0.1) is 0 Å². The highest BCUT2D eigenvalue weighted by Gasteiger charge is 2.31. The van der Waals surface area contributed by atoms with E-state index in [0.29, 0.717) is 19.4 Å². The van der Waals surface area contributed by atoms with Crippen LogP contribution in [0.4, 0.5) is 0 Å². The van der Waals surface area contributed by atoms with Gasteiger partial charge in [-0.25, -0.2) is 0 Å². The minimum absolute atomic E-state index is 0.0639. The van der Waals surface area contributed by atoms with E-state index in [1.807, 2.05) is 37.4 Å². The van der Waals surface area contributed by atoms with Gasteiger partial charge in [-0.15, -0.1) is 0 Å². The van der Waals surface area contributed by atoms with Crippen molar-refractivity contribution in [1.29, 1.82) is 0 Å². The van der Waals surface area contributed by atoms with Crippen LogP contribution in [0.25, 0.3) is 0 Å². The SMILES string of the molecule is CO[C@H]1CN(C)C[C@@H]1NC(=O)CCCOc1ccccc1. The van der Waals surface area contributed by atoms with Crippen LogP contribution < -0.4 is 10.1 Å². The van der Waals surface area contributed by atoms with E-state index >= 15 is 0 Å².